The Hall–Kier alpha value is -2.08. The first-order chi connectivity index (χ1) is 10.6. The molecular weight excluding hydrogens is 346 g/mol. The molecule has 6 heteroatoms. The van der Waals surface area contributed by atoms with Crippen molar-refractivity contribution in [2.24, 2.45) is 0 Å². The number of hydrogen-bond donors (Lipinski definition) is 3. The molecule has 0 spiro atoms. The molecule has 3 rings (SSSR count). The van der Waals surface area contributed by atoms with Gasteiger partial charge in [-0.2, -0.15) is 0 Å². The van der Waals surface area contributed by atoms with Gasteiger partial charge in [-0.3, -0.25) is 20.4 Å². The van der Waals surface area contributed by atoms with Crippen LogP contribution in [0.4, 0.5) is 0 Å². The first kappa shape index (κ1) is 14.8. The van der Waals surface area contributed by atoms with E-state index in [1.54, 1.807) is 18.3 Å². The van der Waals surface area contributed by atoms with Crippen molar-refractivity contribution < 1.29 is 9.59 Å². The molecule has 3 N–H and O–H groups in total. The highest BCUT2D eigenvalue weighted by molar-refractivity contribution is 9.10. The molecule has 1 aliphatic rings. The van der Waals surface area contributed by atoms with E-state index in [1.807, 2.05) is 24.3 Å². The average Bonchev–Trinajstić information content (AvgIpc) is 3.00. The number of amides is 2. The van der Waals surface area contributed by atoms with Crippen LogP contribution >= 0.6 is 15.9 Å². The van der Waals surface area contributed by atoms with Gasteiger partial charge in [-0.05, 0) is 42.7 Å². The Labute approximate surface area is 136 Å². The van der Waals surface area contributed by atoms with Crippen LogP contribution in [-0.2, 0) is 10.2 Å². The van der Waals surface area contributed by atoms with E-state index in [9.17, 15) is 9.59 Å². The summed E-state index contributed by atoms with van der Waals surface area (Å²) in [5.41, 5.74) is 5.87. The summed E-state index contributed by atoms with van der Waals surface area (Å²) in [5.74, 6) is -0.524. The molecule has 0 unspecified atom stereocenters. The molecule has 0 aliphatic heterocycles. The van der Waals surface area contributed by atoms with E-state index < -0.39 is 5.41 Å². The second-order valence-corrected chi connectivity index (χ2v) is 6.35. The predicted octanol–water partition coefficient (Wildman–Crippen LogP) is 2.66. The Kier molecular flexibility index (Phi) is 4.02. The molecule has 1 aromatic heterocycles. The normalized spacial score (nSPS) is 15.7. The van der Waals surface area contributed by atoms with Gasteiger partial charge in [-0.1, -0.05) is 34.5 Å². The zero-order valence-electron chi connectivity index (χ0n) is 11.9. The maximum atomic E-state index is 12.6. The minimum Gasteiger partial charge on any atom is -0.357 e. The van der Waals surface area contributed by atoms with Crippen molar-refractivity contribution >= 4 is 27.7 Å². The summed E-state index contributed by atoms with van der Waals surface area (Å²) in [6, 6.07) is 11.1. The fraction of sp³-hybridized carbons (Fsp3) is 0.250. The lowest BCUT2D eigenvalue weighted by Crippen LogP contribution is -2.54. The molecule has 1 heterocycles. The van der Waals surface area contributed by atoms with Crippen molar-refractivity contribution in [2.75, 3.05) is 0 Å². The highest BCUT2D eigenvalue weighted by Gasteiger charge is 2.45. The standard InChI is InChI=1S/C16H16BrN3O2/c17-12-6-4-11(5-7-12)16(8-2-9-16)15(22)20-19-14(21)13-3-1-10-18-13/h1,3-7,10,18H,2,8-9H2,(H,19,21)(H,20,22). The van der Waals surface area contributed by atoms with Gasteiger partial charge in [0.2, 0.25) is 5.91 Å². The number of carbonyl (C=O) groups is 2. The van der Waals surface area contributed by atoms with Crippen molar-refractivity contribution in [1.29, 1.82) is 0 Å². The number of aromatic amines is 1. The smallest absolute Gasteiger partial charge is 0.286 e. The lowest BCUT2D eigenvalue weighted by Gasteiger charge is -2.40. The largest absolute Gasteiger partial charge is 0.357 e. The Morgan fingerprint density at radius 2 is 1.82 bits per heavy atom. The lowest BCUT2D eigenvalue weighted by atomic mass is 9.64. The van der Waals surface area contributed by atoms with Crippen molar-refractivity contribution in [2.45, 2.75) is 24.7 Å². The minimum atomic E-state index is -0.538. The summed E-state index contributed by atoms with van der Waals surface area (Å²) in [5, 5.41) is 0. The molecule has 114 valence electrons. The van der Waals surface area contributed by atoms with Crippen LogP contribution in [0.5, 0.6) is 0 Å². The van der Waals surface area contributed by atoms with E-state index in [0.29, 0.717) is 5.69 Å². The van der Waals surface area contributed by atoms with Gasteiger partial charge in [0, 0.05) is 10.7 Å². The van der Waals surface area contributed by atoms with Crippen LogP contribution in [0.2, 0.25) is 0 Å². The number of carbonyl (C=O) groups excluding carboxylic acids is 2. The van der Waals surface area contributed by atoms with E-state index in [2.05, 4.69) is 31.8 Å². The fourth-order valence-corrected chi connectivity index (χ4v) is 2.98. The quantitative estimate of drug-likeness (QED) is 0.735. The number of aromatic nitrogens is 1. The maximum absolute atomic E-state index is 12.6. The Bertz CT molecular complexity index is 676. The number of nitrogens with one attached hydrogen (secondary N) is 3. The second-order valence-electron chi connectivity index (χ2n) is 5.43. The van der Waals surface area contributed by atoms with Crippen LogP contribution in [0.15, 0.2) is 47.1 Å². The van der Waals surface area contributed by atoms with Crippen LogP contribution in [0.1, 0.15) is 35.3 Å². The fourth-order valence-electron chi connectivity index (χ4n) is 2.72. The van der Waals surface area contributed by atoms with E-state index in [0.717, 1.165) is 29.3 Å². The molecule has 0 radical (unpaired) electrons. The Morgan fingerprint density at radius 1 is 1.09 bits per heavy atom. The summed E-state index contributed by atoms with van der Waals surface area (Å²) < 4.78 is 0.978. The Balaban J connectivity index is 1.69. The van der Waals surface area contributed by atoms with Gasteiger partial charge in [0.1, 0.15) is 5.69 Å². The number of hydrogen-bond acceptors (Lipinski definition) is 2. The minimum absolute atomic E-state index is 0.166. The second kappa shape index (κ2) is 5.96. The van der Waals surface area contributed by atoms with Gasteiger partial charge in [0.15, 0.2) is 0 Å². The SMILES string of the molecule is O=C(NNC(=O)C1(c2ccc(Br)cc2)CCC1)c1ccc[nH]1. The molecule has 1 saturated carbocycles. The molecule has 0 bridgehead atoms. The van der Waals surface area contributed by atoms with Crippen LogP contribution in [0, 0.1) is 0 Å². The van der Waals surface area contributed by atoms with Crippen LogP contribution < -0.4 is 10.9 Å². The molecule has 22 heavy (non-hydrogen) atoms. The topological polar surface area (TPSA) is 74.0 Å². The van der Waals surface area contributed by atoms with Gasteiger partial charge in [0.25, 0.3) is 5.91 Å². The summed E-state index contributed by atoms with van der Waals surface area (Å²) in [4.78, 5) is 27.2. The summed E-state index contributed by atoms with van der Waals surface area (Å²) in [7, 11) is 0. The van der Waals surface area contributed by atoms with Crippen molar-refractivity contribution in [1.82, 2.24) is 15.8 Å². The third-order valence-electron chi connectivity index (χ3n) is 4.17. The maximum Gasteiger partial charge on any atom is 0.286 e. The van der Waals surface area contributed by atoms with Crippen molar-refractivity contribution in [3.8, 4) is 0 Å². The van der Waals surface area contributed by atoms with E-state index >= 15 is 0 Å². The van der Waals surface area contributed by atoms with Crippen molar-refractivity contribution in [3.63, 3.8) is 0 Å². The summed E-state index contributed by atoms with van der Waals surface area (Å²) in [6.07, 6.45) is 4.25. The van der Waals surface area contributed by atoms with Gasteiger partial charge in [-0.25, -0.2) is 0 Å². The van der Waals surface area contributed by atoms with Crippen LogP contribution in [0.25, 0.3) is 0 Å². The van der Waals surface area contributed by atoms with Gasteiger partial charge in [0.05, 0.1) is 5.41 Å². The molecular formula is C16H16BrN3O2. The molecule has 5 nitrogen and oxygen atoms in total. The summed E-state index contributed by atoms with van der Waals surface area (Å²) >= 11 is 3.40. The van der Waals surface area contributed by atoms with E-state index in [1.165, 1.54) is 0 Å². The van der Waals surface area contributed by atoms with Crippen LogP contribution in [-0.4, -0.2) is 16.8 Å². The van der Waals surface area contributed by atoms with Gasteiger partial charge < -0.3 is 4.98 Å². The molecule has 2 amide bonds. The first-order valence-corrected chi connectivity index (χ1v) is 7.91. The number of rotatable bonds is 3. The number of hydrazine groups is 1. The highest BCUT2D eigenvalue weighted by atomic mass is 79.9. The highest BCUT2D eigenvalue weighted by Crippen LogP contribution is 2.44. The summed E-state index contributed by atoms with van der Waals surface area (Å²) in [6.45, 7) is 0. The molecule has 1 aliphatic carbocycles. The van der Waals surface area contributed by atoms with E-state index in [4.69, 9.17) is 0 Å². The Morgan fingerprint density at radius 3 is 2.36 bits per heavy atom. The lowest BCUT2D eigenvalue weighted by molar-refractivity contribution is -0.130. The third kappa shape index (κ3) is 2.66. The average molecular weight is 362 g/mol. The molecule has 2 aromatic rings. The van der Waals surface area contributed by atoms with E-state index in [-0.39, 0.29) is 11.8 Å². The number of H-pyrrole nitrogens is 1. The zero-order valence-corrected chi connectivity index (χ0v) is 13.4. The monoisotopic (exact) mass is 361 g/mol. The molecule has 0 atom stereocenters. The number of benzene rings is 1. The third-order valence-corrected chi connectivity index (χ3v) is 4.70. The zero-order chi connectivity index (χ0) is 15.6. The van der Waals surface area contributed by atoms with Crippen LogP contribution in [0.3, 0.4) is 0 Å². The number of halogens is 1. The van der Waals surface area contributed by atoms with Gasteiger partial charge >= 0.3 is 0 Å². The molecule has 1 aromatic carbocycles. The first-order valence-electron chi connectivity index (χ1n) is 7.12. The van der Waals surface area contributed by atoms with Gasteiger partial charge in [-0.15, -0.1) is 0 Å². The predicted molar refractivity (Wildman–Crippen MR) is 86.1 cm³/mol. The molecule has 0 saturated heterocycles. The molecule has 1 fully saturated rings. The van der Waals surface area contributed by atoms with Crippen molar-refractivity contribution in [3.05, 3.63) is 58.3 Å².